The molecule has 0 bridgehead atoms. The lowest BCUT2D eigenvalue weighted by Crippen LogP contribution is -1.70. The third-order valence-electron chi connectivity index (χ3n) is 1.63. The molecule has 2 aromatic rings. The molecule has 2 rings (SSSR count). The van der Waals surface area contributed by atoms with E-state index in [2.05, 4.69) is 11.8 Å². The lowest BCUT2D eigenvalue weighted by atomic mass is 10.2. The molecule has 62 valence electrons. The van der Waals surface area contributed by atoms with E-state index in [1.165, 1.54) is 0 Å². The van der Waals surface area contributed by atoms with Crippen molar-refractivity contribution in [1.29, 1.82) is 0 Å². The van der Waals surface area contributed by atoms with E-state index in [1.54, 1.807) is 6.26 Å². The average Bonchev–Trinajstić information content (AvgIpc) is 2.69. The second-order valence-electron chi connectivity index (χ2n) is 2.59. The van der Waals surface area contributed by atoms with Gasteiger partial charge in [0.15, 0.2) is 5.76 Å². The predicted molar refractivity (Wildman–Crippen MR) is 51.1 cm³/mol. The number of hydrogen-bond acceptors (Lipinski definition) is 1. The molecule has 0 saturated heterocycles. The monoisotopic (exact) mass is 168 g/mol. The van der Waals surface area contributed by atoms with Crippen LogP contribution >= 0.6 is 0 Å². The Balaban J connectivity index is 2.23. The lowest BCUT2D eigenvalue weighted by Gasteiger charge is -1.85. The Labute approximate surface area is 77.0 Å². The molecule has 0 radical (unpaired) electrons. The topological polar surface area (TPSA) is 13.1 Å². The van der Waals surface area contributed by atoms with Crippen LogP contribution in [-0.2, 0) is 0 Å². The van der Waals surface area contributed by atoms with Crippen LogP contribution in [0.1, 0.15) is 11.3 Å². The van der Waals surface area contributed by atoms with Crippen molar-refractivity contribution in [3.05, 3.63) is 60.1 Å². The molecule has 0 aliphatic heterocycles. The Morgan fingerprint density at radius 2 is 1.69 bits per heavy atom. The zero-order valence-corrected chi connectivity index (χ0v) is 7.03. The zero-order chi connectivity index (χ0) is 8.93. The van der Waals surface area contributed by atoms with E-state index >= 15 is 0 Å². The van der Waals surface area contributed by atoms with E-state index in [0.29, 0.717) is 5.76 Å². The number of furan rings is 1. The Morgan fingerprint density at radius 1 is 0.846 bits per heavy atom. The van der Waals surface area contributed by atoms with Gasteiger partial charge in [-0.1, -0.05) is 24.1 Å². The molecule has 0 unspecified atom stereocenters. The molecular weight excluding hydrogens is 160 g/mol. The molecule has 1 heterocycles. The average molecular weight is 168 g/mol. The Morgan fingerprint density at radius 3 is 2.38 bits per heavy atom. The third-order valence-corrected chi connectivity index (χ3v) is 1.63. The molecule has 1 nitrogen and oxygen atoms in total. The van der Waals surface area contributed by atoms with Gasteiger partial charge in [-0.05, 0) is 30.2 Å². The van der Waals surface area contributed by atoms with Gasteiger partial charge >= 0.3 is 0 Å². The lowest BCUT2D eigenvalue weighted by molar-refractivity contribution is 0.554. The summed E-state index contributed by atoms with van der Waals surface area (Å²) < 4.78 is 5.08. The summed E-state index contributed by atoms with van der Waals surface area (Å²) in [6, 6.07) is 13.5. The van der Waals surface area contributed by atoms with Gasteiger partial charge in [0.1, 0.15) is 0 Å². The first-order valence-electron chi connectivity index (χ1n) is 4.06. The second kappa shape index (κ2) is 3.64. The molecule has 0 fully saturated rings. The molecule has 0 amide bonds. The smallest absolute Gasteiger partial charge is 0.176 e. The quantitative estimate of drug-likeness (QED) is 0.551. The van der Waals surface area contributed by atoms with Crippen molar-refractivity contribution in [3.8, 4) is 11.8 Å². The SMILES string of the molecule is C(#Cc1ccco1)c1ccccc1. The van der Waals surface area contributed by atoms with Crippen molar-refractivity contribution in [2.45, 2.75) is 0 Å². The minimum absolute atomic E-state index is 0.698. The van der Waals surface area contributed by atoms with Gasteiger partial charge < -0.3 is 4.42 Å². The van der Waals surface area contributed by atoms with E-state index in [1.807, 2.05) is 42.5 Å². The second-order valence-corrected chi connectivity index (χ2v) is 2.59. The van der Waals surface area contributed by atoms with Crippen LogP contribution in [0.4, 0.5) is 0 Å². The number of benzene rings is 1. The van der Waals surface area contributed by atoms with Gasteiger partial charge in [0, 0.05) is 5.56 Å². The van der Waals surface area contributed by atoms with Crippen molar-refractivity contribution >= 4 is 0 Å². The van der Waals surface area contributed by atoms with Crippen LogP contribution in [0.3, 0.4) is 0 Å². The number of rotatable bonds is 0. The summed E-state index contributed by atoms with van der Waals surface area (Å²) in [5, 5.41) is 0. The first kappa shape index (κ1) is 7.70. The zero-order valence-electron chi connectivity index (χ0n) is 7.03. The van der Waals surface area contributed by atoms with Crippen molar-refractivity contribution < 1.29 is 4.42 Å². The van der Waals surface area contributed by atoms with Crippen molar-refractivity contribution in [2.24, 2.45) is 0 Å². The first-order chi connectivity index (χ1) is 6.45. The van der Waals surface area contributed by atoms with Crippen LogP contribution in [0, 0.1) is 11.8 Å². The molecule has 1 aromatic heterocycles. The standard InChI is InChI=1S/C12H8O/c1-2-5-11(6-3-1)8-9-12-7-4-10-13-12/h1-7,10H. The maximum atomic E-state index is 5.08. The van der Waals surface area contributed by atoms with Gasteiger partial charge in [-0.25, -0.2) is 0 Å². The van der Waals surface area contributed by atoms with Crippen LogP contribution in [0.25, 0.3) is 0 Å². The fourth-order valence-electron chi connectivity index (χ4n) is 1.00. The van der Waals surface area contributed by atoms with Gasteiger partial charge in [-0.3, -0.25) is 0 Å². The van der Waals surface area contributed by atoms with E-state index in [9.17, 15) is 0 Å². The Kier molecular flexibility index (Phi) is 2.16. The Bertz CT molecular complexity index is 415. The minimum atomic E-state index is 0.698. The van der Waals surface area contributed by atoms with Crippen LogP contribution in [0.2, 0.25) is 0 Å². The van der Waals surface area contributed by atoms with Crippen molar-refractivity contribution in [1.82, 2.24) is 0 Å². The summed E-state index contributed by atoms with van der Waals surface area (Å²) in [7, 11) is 0. The highest BCUT2D eigenvalue weighted by Crippen LogP contribution is 1.99. The van der Waals surface area contributed by atoms with Gasteiger partial charge in [-0.2, -0.15) is 0 Å². The molecule has 0 atom stereocenters. The summed E-state index contributed by atoms with van der Waals surface area (Å²) >= 11 is 0. The molecule has 0 spiro atoms. The fourth-order valence-corrected chi connectivity index (χ4v) is 1.00. The fraction of sp³-hybridized carbons (Fsp3) is 0. The summed E-state index contributed by atoms with van der Waals surface area (Å²) in [5.41, 5.74) is 0.999. The van der Waals surface area contributed by atoms with Crippen molar-refractivity contribution in [2.75, 3.05) is 0 Å². The van der Waals surface area contributed by atoms with Crippen LogP contribution < -0.4 is 0 Å². The maximum Gasteiger partial charge on any atom is 0.176 e. The summed E-state index contributed by atoms with van der Waals surface area (Å²) in [6.07, 6.45) is 1.62. The molecular formula is C12H8O. The molecule has 1 aromatic carbocycles. The van der Waals surface area contributed by atoms with Crippen LogP contribution in [0.15, 0.2) is 53.1 Å². The van der Waals surface area contributed by atoms with Gasteiger partial charge in [0.2, 0.25) is 0 Å². The van der Waals surface area contributed by atoms with Gasteiger partial charge in [0.25, 0.3) is 0 Å². The highest BCUT2D eigenvalue weighted by Gasteiger charge is 1.86. The van der Waals surface area contributed by atoms with Crippen LogP contribution in [0.5, 0.6) is 0 Å². The molecule has 1 heteroatoms. The minimum Gasteiger partial charge on any atom is -0.456 e. The van der Waals surface area contributed by atoms with Crippen molar-refractivity contribution in [3.63, 3.8) is 0 Å². The van der Waals surface area contributed by atoms with Gasteiger partial charge in [0.05, 0.1) is 6.26 Å². The summed E-state index contributed by atoms with van der Waals surface area (Å²) in [4.78, 5) is 0. The molecule has 0 aliphatic rings. The Hall–Kier alpha value is -1.94. The van der Waals surface area contributed by atoms with Crippen LogP contribution in [-0.4, -0.2) is 0 Å². The molecule has 13 heavy (non-hydrogen) atoms. The first-order valence-corrected chi connectivity index (χ1v) is 4.06. The molecule has 0 saturated carbocycles. The summed E-state index contributed by atoms with van der Waals surface area (Å²) in [6.45, 7) is 0. The largest absolute Gasteiger partial charge is 0.456 e. The number of hydrogen-bond donors (Lipinski definition) is 0. The van der Waals surface area contributed by atoms with Gasteiger partial charge in [-0.15, -0.1) is 0 Å². The maximum absolute atomic E-state index is 5.08. The summed E-state index contributed by atoms with van der Waals surface area (Å²) in [5.74, 6) is 6.63. The van der Waals surface area contributed by atoms with E-state index in [-0.39, 0.29) is 0 Å². The molecule has 0 aliphatic carbocycles. The van der Waals surface area contributed by atoms with E-state index in [0.717, 1.165) is 5.56 Å². The normalized spacial score (nSPS) is 8.92. The molecule has 0 N–H and O–H groups in total. The van der Waals surface area contributed by atoms with E-state index < -0.39 is 0 Å². The third kappa shape index (κ3) is 2.00. The predicted octanol–water partition coefficient (Wildman–Crippen LogP) is 2.68. The van der Waals surface area contributed by atoms with E-state index in [4.69, 9.17) is 4.42 Å². The highest BCUT2D eigenvalue weighted by molar-refractivity contribution is 5.38. The highest BCUT2D eigenvalue weighted by atomic mass is 16.3.